The molecule has 2 aromatic rings. The van der Waals surface area contributed by atoms with Crippen molar-refractivity contribution in [3.8, 4) is 6.07 Å². The highest BCUT2D eigenvalue weighted by Gasteiger charge is 2.38. The van der Waals surface area contributed by atoms with Crippen molar-refractivity contribution >= 4 is 28.9 Å². The molecule has 0 bridgehead atoms. The maximum absolute atomic E-state index is 13.8. The molecule has 1 heterocycles. The number of aliphatic imine (C=N–C) groups is 1. The largest absolute Gasteiger partial charge is 0.435 e. The Kier molecular flexibility index (Phi) is 9.12. The molecule has 11 heteroatoms. The molecule has 0 unspecified atom stereocenters. The summed E-state index contributed by atoms with van der Waals surface area (Å²) in [6.45, 7) is 2.97. The lowest BCUT2D eigenvalue weighted by molar-refractivity contribution is -0.139. The van der Waals surface area contributed by atoms with Crippen molar-refractivity contribution in [1.82, 2.24) is 9.80 Å². The van der Waals surface area contributed by atoms with Crippen molar-refractivity contribution in [3.63, 3.8) is 0 Å². The lowest BCUT2D eigenvalue weighted by Crippen LogP contribution is -2.42. The summed E-state index contributed by atoms with van der Waals surface area (Å²) < 4.78 is 41.5. The fourth-order valence-electron chi connectivity index (χ4n) is 4.18. The first-order valence-corrected chi connectivity index (χ1v) is 12.0. The van der Waals surface area contributed by atoms with E-state index in [1.807, 2.05) is 6.07 Å². The molecule has 1 aliphatic heterocycles. The van der Waals surface area contributed by atoms with Gasteiger partial charge in [-0.15, -0.1) is 0 Å². The summed E-state index contributed by atoms with van der Waals surface area (Å²) in [6, 6.07) is 14.0. The van der Waals surface area contributed by atoms with E-state index in [2.05, 4.69) is 10.3 Å². The van der Waals surface area contributed by atoms with E-state index in [9.17, 15) is 22.8 Å². The molecule has 0 aromatic heterocycles. The lowest BCUT2D eigenvalue weighted by Gasteiger charge is -2.32. The third-order valence-electron chi connectivity index (χ3n) is 6.22. The highest BCUT2D eigenvalue weighted by molar-refractivity contribution is 6.07. The summed E-state index contributed by atoms with van der Waals surface area (Å²) in [6.07, 6.45) is -2.80. The van der Waals surface area contributed by atoms with Crippen LogP contribution >= 0.6 is 0 Å². The summed E-state index contributed by atoms with van der Waals surface area (Å²) >= 11 is 0. The van der Waals surface area contributed by atoms with E-state index in [1.54, 1.807) is 41.1 Å². The number of nitrogens with one attached hydrogen (secondary N) is 1. The number of nitriles is 1. The zero-order valence-corrected chi connectivity index (χ0v) is 21.1. The van der Waals surface area contributed by atoms with Gasteiger partial charge in [-0.1, -0.05) is 18.2 Å². The number of halogens is 3. The van der Waals surface area contributed by atoms with Crippen LogP contribution in [-0.2, 0) is 16.1 Å². The monoisotopic (exact) mass is 526 g/mol. The number of benzene rings is 2. The Bertz CT molecular complexity index is 1260. The fourth-order valence-corrected chi connectivity index (χ4v) is 4.18. The number of anilines is 1. The van der Waals surface area contributed by atoms with Gasteiger partial charge in [-0.2, -0.15) is 18.4 Å². The van der Waals surface area contributed by atoms with E-state index in [1.165, 1.54) is 31.2 Å². The van der Waals surface area contributed by atoms with Gasteiger partial charge in [-0.05, 0) is 48.7 Å². The first-order chi connectivity index (χ1) is 18.0. The van der Waals surface area contributed by atoms with Crippen LogP contribution in [0.2, 0.25) is 0 Å². The molecule has 1 saturated heterocycles. The molecule has 200 valence electrons. The molecule has 0 saturated carbocycles. The van der Waals surface area contributed by atoms with E-state index in [0.29, 0.717) is 38.2 Å². The minimum atomic E-state index is -4.82. The van der Waals surface area contributed by atoms with Gasteiger partial charge in [0.2, 0.25) is 11.8 Å². The zero-order chi connectivity index (χ0) is 27.9. The maximum atomic E-state index is 13.8. The van der Waals surface area contributed by atoms with Crippen LogP contribution < -0.4 is 11.1 Å². The predicted octanol–water partition coefficient (Wildman–Crippen LogP) is 4.32. The molecular formula is C27H29F3N6O2. The van der Waals surface area contributed by atoms with Crippen molar-refractivity contribution in [2.45, 2.75) is 32.5 Å². The summed E-state index contributed by atoms with van der Waals surface area (Å²) in [4.78, 5) is 31.4. The number of nitrogens with two attached hydrogens (primary N) is 1. The van der Waals surface area contributed by atoms with E-state index < -0.39 is 17.6 Å². The molecule has 3 N–H and O–H groups in total. The molecule has 3 rings (SSSR count). The Labute approximate surface area is 219 Å². The highest BCUT2D eigenvalue weighted by atomic mass is 19.4. The number of carbonyl (C=O) groups excluding carboxylic acids is 2. The number of nitrogens with zero attached hydrogens (tertiary/aromatic N) is 4. The van der Waals surface area contributed by atoms with Crippen LogP contribution in [0.1, 0.15) is 30.9 Å². The Balaban J connectivity index is 1.68. The quantitative estimate of drug-likeness (QED) is 0.522. The molecule has 2 amide bonds. The van der Waals surface area contributed by atoms with Gasteiger partial charge in [0, 0.05) is 51.4 Å². The van der Waals surface area contributed by atoms with Gasteiger partial charge in [0.1, 0.15) is 0 Å². The van der Waals surface area contributed by atoms with E-state index in [4.69, 9.17) is 11.0 Å². The van der Waals surface area contributed by atoms with Crippen molar-refractivity contribution < 1.29 is 22.8 Å². The summed E-state index contributed by atoms with van der Waals surface area (Å²) in [7, 11) is 1.70. The Morgan fingerprint density at radius 1 is 1.21 bits per heavy atom. The Morgan fingerprint density at radius 3 is 2.42 bits per heavy atom. The van der Waals surface area contributed by atoms with Gasteiger partial charge in [0.15, 0.2) is 5.71 Å². The van der Waals surface area contributed by atoms with Crippen molar-refractivity contribution in [3.05, 3.63) is 71.6 Å². The number of alkyl halides is 3. The molecule has 38 heavy (non-hydrogen) atoms. The number of carbonyl (C=O) groups is 2. The topological polar surface area (TPSA) is 115 Å². The Morgan fingerprint density at radius 2 is 1.87 bits per heavy atom. The van der Waals surface area contributed by atoms with Crippen LogP contribution in [0.3, 0.4) is 0 Å². The second-order valence-corrected chi connectivity index (χ2v) is 9.00. The number of amides is 2. The van der Waals surface area contributed by atoms with Gasteiger partial charge in [-0.3, -0.25) is 9.59 Å². The number of hydrogen-bond donors (Lipinski definition) is 2. The molecule has 0 aliphatic carbocycles. The normalized spacial score (nSPS) is 15.1. The van der Waals surface area contributed by atoms with Crippen LogP contribution in [0.25, 0.3) is 0 Å². The second-order valence-electron chi connectivity index (χ2n) is 9.00. The predicted molar refractivity (Wildman–Crippen MR) is 138 cm³/mol. The van der Waals surface area contributed by atoms with Crippen LogP contribution in [0.4, 0.5) is 24.5 Å². The molecular weight excluding hydrogens is 497 g/mol. The van der Waals surface area contributed by atoms with Crippen molar-refractivity contribution in [1.29, 1.82) is 5.26 Å². The molecule has 2 aromatic carbocycles. The molecule has 1 fully saturated rings. The second kappa shape index (κ2) is 12.3. The first kappa shape index (κ1) is 28.2. The number of likely N-dealkylation sites (tertiary alicyclic amines) is 1. The third kappa shape index (κ3) is 7.35. The number of rotatable bonds is 7. The van der Waals surface area contributed by atoms with E-state index >= 15 is 0 Å². The highest BCUT2D eigenvalue weighted by Crippen LogP contribution is 2.27. The van der Waals surface area contributed by atoms with Crippen LogP contribution in [0.15, 0.2) is 65.4 Å². The summed E-state index contributed by atoms with van der Waals surface area (Å²) in [5, 5.41) is 11.7. The summed E-state index contributed by atoms with van der Waals surface area (Å²) in [5.41, 5.74) is 5.13. The summed E-state index contributed by atoms with van der Waals surface area (Å²) in [5.74, 6) is -0.148. The fraction of sp³-hybridized carbons (Fsp3) is 0.333. The van der Waals surface area contributed by atoms with Crippen LogP contribution in [0, 0.1) is 17.2 Å². The number of hydrogen-bond acceptors (Lipinski definition) is 6. The standard InChI is InChI=1S/C27H29F3N6O2/c1-18(37)36-12-10-21(11-13-36)26(38)35(2)17-19-6-8-22(9-7-19)33-24(16-32)25(27(28,29)30)34-23-5-3-4-20(14-23)15-31/h3-9,14,16,21,33H,10-13,17,32H2,1-2H3/b24-16+,34-25?. The lowest BCUT2D eigenvalue weighted by atomic mass is 9.95. The van der Waals surface area contributed by atoms with Crippen LogP contribution in [0.5, 0.6) is 0 Å². The third-order valence-corrected chi connectivity index (χ3v) is 6.22. The van der Waals surface area contributed by atoms with E-state index in [-0.39, 0.29) is 29.0 Å². The van der Waals surface area contributed by atoms with Gasteiger partial charge in [0.05, 0.1) is 23.0 Å². The van der Waals surface area contributed by atoms with Gasteiger partial charge < -0.3 is 20.9 Å². The van der Waals surface area contributed by atoms with Crippen molar-refractivity contribution in [2.24, 2.45) is 16.6 Å². The maximum Gasteiger partial charge on any atom is 0.435 e. The van der Waals surface area contributed by atoms with Gasteiger partial charge >= 0.3 is 6.18 Å². The van der Waals surface area contributed by atoms with Gasteiger partial charge in [-0.25, -0.2) is 4.99 Å². The van der Waals surface area contributed by atoms with Crippen LogP contribution in [-0.4, -0.2) is 53.6 Å². The molecule has 1 aliphatic rings. The smallest absolute Gasteiger partial charge is 0.403 e. The number of allylic oxidation sites excluding steroid dienone is 1. The molecule has 0 radical (unpaired) electrons. The SMILES string of the molecule is CC(=O)N1CCC(C(=O)N(C)Cc2ccc(N/C(=C/N)C(=Nc3cccc(C#N)c3)C(F)(F)F)cc2)CC1. The molecule has 0 atom stereocenters. The Hall–Kier alpha value is -4.33. The number of piperidine rings is 1. The zero-order valence-electron chi connectivity index (χ0n) is 21.1. The molecule has 8 nitrogen and oxygen atoms in total. The average molecular weight is 527 g/mol. The first-order valence-electron chi connectivity index (χ1n) is 12.0. The van der Waals surface area contributed by atoms with Gasteiger partial charge in [0.25, 0.3) is 0 Å². The molecule has 0 spiro atoms. The average Bonchev–Trinajstić information content (AvgIpc) is 2.90. The van der Waals surface area contributed by atoms with E-state index in [0.717, 1.165) is 11.8 Å². The minimum absolute atomic E-state index is 0.00440. The minimum Gasteiger partial charge on any atom is -0.403 e. The van der Waals surface area contributed by atoms with Crippen molar-refractivity contribution in [2.75, 3.05) is 25.5 Å².